The lowest BCUT2D eigenvalue weighted by molar-refractivity contribution is -0.147. The second kappa shape index (κ2) is 8.87. The van der Waals surface area contributed by atoms with Crippen molar-refractivity contribution in [3.63, 3.8) is 0 Å². The van der Waals surface area contributed by atoms with Gasteiger partial charge in [0.2, 0.25) is 11.7 Å². The molecule has 1 N–H and O–H groups in total. The normalized spacial score (nSPS) is 25.5. The molecule has 4 aliphatic rings. The van der Waals surface area contributed by atoms with E-state index >= 15 is 0 Å². The van der Waals surface area contributed by atoms with Gasteiger partial charge >= 0.3 is 0 Å². The summed E-state index contributed by atoms with van der Waals surface area (Å²) in [4.78, 5) is 46.1. The van der Waals surface area contributed by atoms with E-state index in [0.29, 0.717) is 32.0 Å². The van der Waals surface area contributed by atoms with Crippen LogP contribution in [0.25, 0.3) is 0 Å². The summed E-state index contributed by atoms with van der Waals surface area (Å²) in [6.45, 7) is 1.41. The summed E-state index contributed by atoms with van der Waals surface area (Å²) in [5, 5.41) is 10.6. The van der Waals surface area contributed by atoms with Gasteiger partial charge in [-0.25, -0.2) is 14.1 Å². The van der Waals surface area contributed by atoms with Crippen molar-refractivity contribution in [1.29, 1.82) is 0 Å². The predicted molar refractivity (Wildman–Crippen MR) is 115 cm³/mol. The summed E-state index contributed by atoms with van der Waals surface area (Å²) in [6.07, 6.45) is 10.7. The van der Waals surface area contributed by atoms with Crippen LogP contribution in [0.15, 0.2) is 41.2 Å². The van der Waals surface area contributed by atoms with Crippen molar-refractivity contribution in [2.75, 3.05) is 26.2 Å². The number of hydrogen-bond donors (Lipinski definition) is 1. The number of fused-ring (bicyclic) bond motifs is 1. The SMILES string of the molecule is O=C(C(=O)N1CCN(C(=O)C2CCCCC2)CC1)C1=CNC2C(n3ccnn3)=NC=C(F)C12. The zero-order valence-corrected chi connectivity index (χ0v) is 18.2. The van der Waals surface area contributed by atoms with Crippen molar-refractivity contribution < 1.29 is 18.8 Å². The molecule has 2 unspecified atom stereocenters. The summed E-state index contributed by atoms with van der Waals surface area (Å²) in [5.74, 6) is -2.34. The maximum atomic E-state index is 14.7. The fourth-order valence-corrected chi connectivity index (χ4v) is 5.11. The molecule has 1 saturated heterocycles. The number of Topliss-reactive ketones (excluding diaryl/α,β-unsaturated/α-hetero) is 1. The molecule has 0 radical (unpaired) electrons. The van der Waals surface area contributed by atoms with E-state index in [0.717, 1.165) is 31.9 Å². The molecule has 2 atom stereocenters. The molecule has 0 spiro atoms. The van der Waals surface area contributed by atoms with Crippen molar-refractivity contribution >= 4 is 23.4 Å². The van der Waals surface area contributed by atoms with E-state index in [2.05, 4.69) is 20.6 Å². The summed E-state index contributed by atoms with van der Waals surface area (Å²) in [6, 6.07) is -0.659. The number of hydrogen-bond acceptors (Lipinski definition) is 7. The molecule has 3 aliphatic heterocycles. The van der Waals surface area contributed by atoms with Crippen LogP contribution in [0.5, 0.6) is 0 Å². The van der Waals surface area contributed by atoms with Crippen LogP contribution in [0, 0.1) is 11.8 Å². The number of aliphatic imine (C=N–C) groups is 1. The van der Waals surface area contributed by atoms with Crippen molar-refractivity contribution in [1.82, 2.24) is 30.1 Å². The number of piperazine rings is 1. The molecule has 33 heavy (non-hydrogen) atoms. The highest BCUT2D eigenvalue weighted by atomic mass is 19.1. The topological polar surface area (TPSA) is 113 Å². The first kappa shape index (κ1) is 21.5. The molecule has 11 heteroatoms. The van der Waals surface area contributed by atoms with Gasteiger partial charge in [-0.05, 0) is 12.8 Å². The summed E-state index contributed by atoms with van der Waals surface area (Å²) in [5.41, 5.74) is 0.0620. The van der Waals surface area contributed by atoms with Gasteiger partial charge in [0.15, 0.2) is 5.84 Å². The summed E-state index contributed by atoms with van der Waals surface area (Å²) in [7, 11) is 0. The van der Waals surface area contributed by atoms with Crippen LogP contribution in [-0.4, -0.2) is 80.4 Å². The van der Waals surface area contributed by atoms with Gasteiger partial charge in [-0.2, -0.15) is 0 Å². The van der Waals surface area contributed by atoms with Gasteiger partial charge in [-0.1, -0.05) is 24.5 Å². The first-order chi connectivity index (χ1) is 16.0. The second-order valence-corrected chi connectivity index (χ2v) is 8.85. The number of nitrogens with zero attached hydrogens (tertiary/aromatic N) is 6. The van der Waals surface area contributed by atoms with E-state index in [1.807, 2.05) is 0 Å². The third kappa shape index (κ3) is 3.96. The van der Waals surface area contributed by atoms with Crippen LogP contribution in [-0.2, 0) is 14.4 Å². The number of carbonyl (C=O) groups is 3. The first-order valence-electron chi connectivity index (χ1n) is 11.4. The molecule has 1 aromatic rings. The van der Waals surface area contributed by atoms with Crippen molar-refractivity contribution in [3.05, 3.63) is 36.2 Å². The van der Waals surface area contributed by atoms with Gasteiger partial charge in [-0.3, -0.25) is 14.4 Å². The van der Waals surface area contributed by atoms with Crippen LogP contribution in [0.3, 0.4) is 0 Å². The minimum atomic E-state index is -0.952. The number of halogens is 1. The Morgan fingerprint density at radius 3 is 2.45 bits per heavy atom. The Morgan fingerprint density at radius 2 is 1.76 bits per heavy atom. The van der Waals surface area contributed by atoms with Gasteiger partial charge in [-0.15, -0.1) is 5.10 Å². The third-order valence-electron chi connectivity index (χ3n) is 6.93. The van der Waals surface area contributed by atoms with Crippen LogP contribution in [0.4, 0.5) is 4.39 Å². The molecule has 174 valence electrons. The molecule has 1 saturated carbocycles. The Bertz CT molecular complexity index is 1030. The van der Waals surface area contributed by atoms with E-state index < -0.39 is 29.5 Å². The van der Waals surface area contributed by atoms with Crippen LogP contribution >= 0.6 is 0 Å². The highest BCUT2D eigenvalue weighted by molar-refractivity contribution is 6.43. The summed E-state index contributed by atoms with van der Waals surface area (Å²) < 4.78 is 16.1. The Labute approximate surface area is 190 Å². The Balaban J connectivity index is 1.22. The molecule has 5 rings (SSSR count). The highest BCUT2D eigenvalue weighted by Gasteiger charge is 2.44. The van der Waals surface area contributed by atoms with E-state index in [1.165, 1.54) is 28.4 Å². The van der Waals surface area contributed by atoms with Gasteiger partial charge in [0.05, 0.1) is 30.6 Å². The van der Waals surface area contributed by atoms with Crippen LogP contribution < -0.4 is 5.32 Å². The highest BCUT2D eigenvalue weighted by Crippen LogP contribution is 2.34. The summed E-state index contributed by atoms with van der Waals surface area (Å²) >= 11 is 0. The number of nitrogens with one attached hydrogen (secondary N) is 1. The van der Waals surface area contributed by atoms with Crippen molar-refractivity contribution in [2.45, 2.75) is 38.1 Å². The lowest BCUT2D eigenvalue weighted by Crippen LogP contribution is -2.53. The number of ketones is 1. The molecule has 10 nitrogen and oxygen atoms in total. The Hall–Kier alpha value is -3.37. The first-order valence-corrected chi connectivity index (χ1v) is 11.4. The largest absolute Gasteiger partial charge is 0.380 e. The molecule has 1 aromatic heterocycles. The van der Waals surface area contributed by atoms with Gasteiger partial charge in [0.1, 0.15) is 5.83 Å². The smallest absolute Gasteiger partial charge is 0.294 e. The lowest BCUT2D eigenvalue weighted by atomic mass is 9.88. The maximum Gasteiger partial charge on any atom is 0.294 e. The second-order valence-electron chi connectivity index (χ2n) is 8.85. The quantitative estimate of drug-likeness (QED) is 0.670. The lowest BCUT2D eigenvalue weighted by Gasteiger charge is -2.37. The molecule has 0 aromatic carbocycles. The fourth-order valence-electron chi connectivity index (χ4n) is 5.11. The molecule has 2 fully saturated rings. The molecular formula is C22H26FN7O3. The number of amides is 2. The van der Waals surface area contributed by atoms with Gasteiger partial charge in [0.25, 0.3) is 5.91 Å². The van der Waals surface area contributed by atoms with E-state index in [9.17, 15) is 18.8 Å². The minimum Gasteiger partial charge on any atom is -0.380 e. The van der Waals surface area contributed by atoms with Gasteiger partial charge < -0.3 is 15.1 Å². The Morgan fingerprint density at radius 1 is 1.03 bits per heavy atom. The third-order valence-corrected chi connectivity index (χ3v) is 6.93. The minimum absolute atomic E-state index is 0.0620. The van der Waals surface area contributed by atoms with Crippen molar-refractivity contribution in [2.24, 2.45) is 16.8 Å². The van der Waals surface area contributed by atoms with E-state index in [-0.39, 0.29) is 17.4 Å². The average Bonchev–Trinajstić information content (AvgIpc) is 3.55. The van der Waals surface area contributed by atoms with E-state index in [4.69, 9.17) is 0 Å². The molecule has 0 bridgehead atoms. The number of aromatic nitrogens is 3. The van der Waals surface area contributed by atoms with E-state index in [1.54, 1.807) is 11.1 Å². The molecular weight excluding hydrogens is 429 g/mol. The zero-order valence-electron chi connectivity index (χ0n) is 18.2. The fraction of sp³-hybridized carbons (Fsp3) is 0.545. The van der Waals surface area contributed by atoms with Crippen molar-refractivity contribution in [3.8, 4) is 0 Å². The van der Waals surface area contributed by atoms with Gasteiger partial charge in [0, 0.05) is 43.9 Å². The van der Waals surface area contributed by atoms with Crippen LogP contribution in [0.1, 0.15) is 32.1 Å². The standard InChI is InChI=1S/C22H26FN7O3/c23-16-13-25-20(30-7-6-26-27-30)18-17(16)15(12-24-18)19(31)22(33)29-10-8-28(9-11-29)21(32)14-4-2-1-3-5-14/h6-7,12-14,17-18,24H,1-5,8-11H2. The number of rotatable bonds is 3. The van der Waals surface area contributed by atoms with Crippen LogP contribution in [0.2, 0.25) is 0 Å². The number of carbonyl (C=O) groups excluding carboxylic acids is 3. The average molecular weight is 455 g/mol. The zero-order chi connectivity index (χ0) is 22.9. The molecule has 1 aliphatic carbocycles. The predicted octanol–water partition coefficient (Wildman–Crippen LogP) is 0.641. The maximum absolute atomic E-state index is 14.7. The monoisotopic (exact) mass is 455 g/mol. The molecule has 4 heterocycles. The Kier molecular flexibility index (Phi) is 5.77. The molecule has 2 amide bonds.